The van der Waals surface area contributed by atoms with Gasteiger partial charge in [0.2, 0.25) is 0 Å². The van der Waals surface area contributed by atoms with Crippen LogP contribution in [0.5, 0.6) is 0 Å². The minimum atomic E-state index is -0.813. The van der Waals surface area contributed by atoms with Gasteiger partial charge in [0.25, 0.3) is 0 Å². The molecule has 0 heterocycles. The number of thiol groups is 1. The molecule has 0 nitrogen and oxygen atoms in total. The van der Waals surface area contributed by atoms with E-state index in [-0.39, 0.29) is 0 Å². The summed E-state index contributed by atoms with van der Waals surface area (Å²) in [5.74, 6) is 0. The highest BCUT2D eigenvalue weighted by Crippen LogP contribution is 2.67. The second kappa shape index (κ2) is 13.4. The SMILES string of the molecule is CCCCCC(S)[P+](CCCC)(CCCC)CCCC. The molecule has 0 bridgehead atoms. The third-order valence-electron chi connectivity index (χ3n) is 4.57. The summed E-state index contributed by atoms with van der Waals surface area (Å²) in [6, 6.07) is 0. The maximum absolute atomic E-state index is 5.15. The van der Waals surface area contributed by atoms with Crippen LogP contribution < -0.4 is 0 Å². The summed E-state index contributed by atoms with van der Waals surface area (Å²) in [6.45, 7) is 9.35. The molecule has 1 atom stereocenters. The average Bonchev–Trinajstić information content (AvgIpc) is 2.47. The Hall–Kier alpha value is 0.780. The van der Waals surface area contributed by atoms with Gasteiger partial charge in [-0.1, -0.05) is 59.8 Å². The highest BCUT2D eigenvalue weighted by Gasteiger charge is 2.41. The maximum Gasteiger partial charge on any atom is 0.111 e. The van der Waals surface area contributed by atoms with Gasteiger partial charge in [0, 0.05) is 7.26 Å². The first kappa shape index (κ1) is 20.8. The van der Waals surface area contributed by atoms with Gasteiger partial charge in [0.15, 0.2) is 0 Å². The number of hydrogen-bond acceptors (Lipinski definition) is 1. The molecule has 0 aromatic rings. The van der Waals surface area contributed by atoms with Gasteiger partial charge in [-0.25, -0.2) is 0 Å². The summed E-state index contributed by atoms with van der Waals surface area (Å²) >= 11 is 5.15. The van der Waals surface area contributed by atoms with Gasteiger partial charge in [0.1, 0.15) is 4.99 Å². The minimum absolute atomic E-state index is 0.735. The average molecular weight is 320 g/mol. The lowest BCUT2D eigenvalue weighted by molar-refractivity contribution is 0.689. The fraction of sp³-hybridized carbons (Fsp3) is 1.00. The van der Waals surface area contributed by atoms with Crippen molar-refractivity contribution in [3.05, 3.63) is 0 Å². The predicted octanol–water partition coefficient (Wildman–Crippen LogP) is 7.24. The summed E-state index contributed by atoms with van der Waals surface area (Å²) < 4.78 is 0. The summed E-state index contributed by atoms with van der Waals surface area (Å²) in [5.41, 5.74) is 0. The van der Waals surface area contributed by atoms with Gasteiger partial charge in [-0.15, -0.1) is 12.6 Å². The van der Waals surface area contributed by atoms with Crippen LogP contribution in [0.2, 0.25) is 0 Å². The molecule has 0 aromatic carbocycles. The molecule has 0 aliphatic rings. The third-order valence-corrected chi connectivity index (χ3v) is 11.4. The highest BCUT2D eigenvalue weighted by molar-refractivity contribution is 7.96. The molecule has 0 saturated heterocycles. The lowest BCUT2D eigenvalue weighted by atomic mass is 10.2. The molecular formula is C18H40PS+. The van der Waals surface area contributed by atoms with Crippen molar-refractivity contribution >= 4 is 19.9 Å². The van der Waals surface area contributed by atoms with E-state index in [1.54, 1.807) is 0 Å². The first-order chi connectivity index (χ1) is 9.66. The van der Waals surface area contributed by atoms with E-state index < -0.39 is 7.26 Å². The van der Waals surface area contributed by atoms with Crippen LogP contribution in [0.3, 0.4) is 0 Å². The van der Waals surface area contributed by atoms with Gasteiger partial charge in [-0.05, 0) is 32.1 Å². The minimum Gasteiger partial charge on any atom is -0.136 e. The van der Waals surface area contributed by atoms with E-state index in [0.29, 0.717) is 0 Å². The molecule has 1 unspecified atom stereocenters. The Morgan fingerprint density at radius 2 is 1.05 bits per heavy atom. The summed E-state index contributed by atoms with van der Waals surface area (Å²) in [7, 11) is -0.813. The largest absolute Gasteiger partial charge is 0.136 e. The van der Waals surface area contributed by atoms with E-state index in [9.17, 15) is 0 Å². The Morgan fingerprint density at radius 3 is 1.40 bits per heavy atom. The van der Waals surface area contributed by atoms with Gasteiger partial charge < -0.3 is 0 Å². The van der Waals surface area contributed by atoms with Gasteiger partial charge in [-0.3, -0.25) is 0 Å². The number of hydrogen-bond donors (Lipinski definition) is 1. The fourth-order valence-electron chi connectivity index (χ4n) is 3.05. The molecule has 0 N–H and O–H groups in total. The number of rotatable bonds is 14. The molecule has 0 rings (SSSR count). The zero-order valence-corrected chi connectivity index (χ0v) is 16.5. The van der Waals surface area contributed by atoms with E-state index >= 15 is 0 Å². The Labute approximate surface area is 135 Å². The summed E-state index contributed by atoms with van der Waals surface area (Å²) in [6.07, 6.45) is 18.4. The molecule has 122 valence electrons. The van der Waals surface area contributed by atoms with Crippen molar-refractivity contribution in [2.45, 2.75) is 96.9 Å². The molecule has 0 fully saturated rings. The second-order valence-corrected chi connectivity index (χ2v) is 11.9. The lowest BCUT2D eigenvalue weighted by Crippen LogP contribution is -2.18. The Morgan fingerprint density at radius 1 is 0.650 bits per heavy atom. The van der Waals surface area contributed by atoms with Crippen LogP contribution in [0.1, 0.15) is 91.9 Å². The first-order valence-corrected chi connectivity index (χ1v) is 12.1. The van der Waals surface area contributed by atoms with E-state index in [1.807, 2.05) is 0 Å². The molecule has 2 heteroatoms. The molecule has 0 spiro atoms. The van der Waals surface area contributed by atoms with Crippen LogP contribution in [0, 0.1) is 0 Å². The van der Waals surface area contributed by atoms with Crippen LogP contribution in [-0.2, 0) is 0 Å². The van der Waals surface area contributed by atoms with Crippen molar-refractivity contribution in [1.29, 1.82) is 0 Å². The fourth-order valence-corrected chi connectivity index (χ4v) is 9.41. The van der Waals surface area contributed by atoms with Crippen molar-refractivity contribution < 1.29 is 0 Å². The van der Waals surface area contributed by atoms with Crippen LogP contribution >= 0.6 is 19.9 Å². The van der Waals surface area contributed by atoms with Crippen molar-refractivity contribution in [3.63, 3.8) is 0 Å². The van der Waals surface area contributed by atoms with Crippen molar-refractivity contribution in [1.82, 2.24) is 0 Å². The molecule has 0 aliphatic carbocycles. The Bertz CT molecular complexity index is 184. The zero-order chi connectivity index (χ0) is 15.3. The Balaban J connectivity index is 4.71. The lowest BCUT2D eigenvalue weighted by Gasteiger charge is -2.33. The van der Waals surface area contributed by atoms with Crippen molar-refractivity contribution in [3.8, 4) is 0 Å². The van der Waals surface area contributed by atoms with Gasteiger partial charge in [0.05, 0.1) is 18.5 Å². The molecular weight excluding hydrogens is 279 g/mol. The smallest absolute Gasteiger partial charge is 0.111 e. The summed E-state index contributed by atoms with van der Waals surface area (Å²) in [5, 5.41) is 0. The third kappa shape index (κ3) is 8.28. The molecule has 0 aliphatic heterocycles. The summed E-state index contributed by atoms with van der Waals surface area (Å²) in [4.78, 5) is 0.735. The maximum atomic E-state index is 5.15. The normalized spacial score (nSPS) is 13.7. The highest BCUT2D eigenvalue weighted by atomic mass is 32.1. The van der Waals surface area contributed by atoms with Gasteiger partial charge in [-0.2, -0.15) is 0 Å². The zero-order valence-electron chi connectivity index (χ0n) is 14.7. The van der Waals surface area contributed by atoms with Crippen LogP contribution in [0.15, 0.2) is 0 Å². The molecule has 0 amide bonds. The quantitative estimate of drug-likeness (QED) is 0.195. The van der Waals surface area contributed by atoms with E-state index in [2.05, 4.69) is 27.7 Å². The van der Waals surface area contributed by atoms with E-state index in [0.717, 1.165) is 4.99 Å². The Kier molecular flexibility index (Phi) is 14.0. The molecule has 0 saturated carbocycles. The van der Waals surface area contributed by atoms with Crippen molar-refractivity contribution in [2.75, 3.05) is 18.5 Å². The first-order valence-electron chi connectivity index (χ1n) is 9.20. The monoisotopic (exact) mass is 319 g/mol. The van der Waals surface area contributed by atoms with Gasteiger partial charge >= 0.3 is 0 Å². The van der Waals surface area contributed by atoms with Crippen LogP contribution in [-0.4, -0.2) is 23.5 Å². The molecule has 20 heavy (non-hydrogen) atoms. The predicted molar refractivity (Wildman–Crippen MR) is 103 cm³/mol. The second-order valence-electron chi connectivity index (χ2n) is 6.43. The van der Waals surface area contributed by atoms with E-state index in [4.69, 9.17) is 12.6 Å². The molecule has 0 radical (unpaired) electrons. The van der Waals surface area contributed by atoms with E-state index in [1.165, 1.54) is 82.7 Å². The molecule has 0 aromatic heterocycles. The van der Waals surface area contributed by atoms with Crippen molar-refractivity contribution in [2.24, 2.45) is 0 Å². The van der Waals surface area contributed by atoms with Crippen LogP contribution in [0.25, 0.3) is 0 Å². The standard InChI is InChI=1S/C18H39PS/c1-5-9-13-14-18(20)19(15-10-6-2,16-11-7-3)17-12-8-4/h18H,5-17H2,1-4H3/p+1. The topological polar surface area (TPSA) is 0 Å². The number of unbranched alkanes of at least 4 members (excludes halogenated alkanes) is 5. The van der Waals surface area contributed by atoms with Crippen LogP contribution in [0.4, 0.5) is 0 Å².